The summed E-state index contributed by atoms with van der Waals surface area (Å²) in [5.41, 5.74) is 6.30. The Kier molecular flexibility index (Phi) is 5.18. The molecule has 1 aliphatic heterocycles. The maximum Gasteiger partial charge on any atom is 0.269 e. The number of hydrogen-bond acceptors (Lipinski definition) is 4. The van der Waals surface area contributed by atoms with E-state index in [0.29, 0.717) is 23.5 Å². The second-order valence-electron chi connectivity index (χ2n) is 5.76. The minimum atomic E-state index is -0.407. The number of nitrogens with one attached hydrogen (secondary N) is 2. The van der Waals surface area contributed by atoms with Crippen LogP contribution < -0.4 is 20.3 Å². The van der Waals surface area contributed by atoms with Gasteiger partial charge in [-0.05, 0) is 30.2 Å². The Morgan fingerprint density at radius 1 is 1.04 bits per heavy atom. The van der Waals surface area contributed by atoms with Crippen LogP contribution in [0, 0.1) is 0 Å². The fourth-order valence-corrected chi connectivity index (χ4v) is 2.74. The van der Waals surface area contributed by atoms with Crippen molar-refractivity contribution in [2.75, 3.05) is 6.79 Å². The zero-order valence-electron chi connectivity index (χ0n) is 14.0. The first-order chi connectivity index (χ1) is 12.2. The fourth-order valence-electron chi connectivity index (χ4n) is 2.74. The summed E-state index contributed by atoms with van der Waals surface area (Å²) >= 11 is 0. The van der Waals surface area contributed by atoms with Gasteiger partial charge >= 0.3 is 0 Å². The number of rotatable bonds is 5. The molecule has 2 amide bonds. The Bertz CT molecular complexity index is 761. The molecule has 3 rings (SSSR count). The third-order valence-electron chi connectivity index (χ3n) is 4.03. The van der Waals surface area contributed by atoms with Gasteiger partial charge in [0.1, 0.15) is 0 Å². The van der Waals surface area contributed by atoms with Crippen molar-refractivity contribution in [2.24, 2.45) is 0 Å². The van der Waals surface area contributed by atoms with Crippen LogP contribution in [0.5, 0.6) is 11.5 Å². The number of benzene rings is 2. The van der Waals surface area contributed by atoms with E-state index in [1.165, 1.54) is 0 Å². The van der Waals surface area contributed by atoms with Gasteiger partial charge in [-0.3, -0.25) is 20.4 Å². The number of carbonyl (C=O) groups is 2. The van der Waals surface area contributed by atoms with Crippen LogP contribution in [0.25, 0.3) is 0 Å². The zero-order chi connectivity index (χ0) is 17.6. The molecule has 0 fully saturated rings. The molecule has 0 spiro atoms. The van der Waals surface area contributed by atoms with Gasteiger partial charge in [0.15, 0.2) is 11.5 Å². The molecule has 1 unspecified atom stereocenters. The SMILES string of the molecule is CCCC(C(=O)NNC(=O)c1ccc2c(c1)OCO2)c1ccccc1. The monoisotopic (exact) mass is 340 g/mol. The first-order valence-corrected chi connectivity index (χ1v) is 8.24. The minimum absolute atomic E-state index is 0.146. The molecule has 6 heteroatoms. The van der Waals surface area contributed by atoms with Crippen molar-refractivity contribution in [3.63, 3.8) is 0 Å². The maximum absolute atomic E-state index is 12.5. The number of hydrazine groups is 1. The molecule has 1 heterocycles. The van der Waals surface area contributed by atoms with Gasteiger partial charge in [0, 0.05) is 5.56 Å². The molecule has 2 aromatic carbocycles. The summed E-state index contributed by atoms with van der Waals surface area (Å²) in [4.78, 5) is 24.7. The van der Waals surface area contributed by atoms with Crippen LogP contribution in [0.15, 0.2) is 48.5 Å². The zero-order valence-corrected chi connectivity index (χ0v) is 14.0. The summed E-state index contributed by atoms with van der Waals surface area (Å²) in [6.07, 6.45) is 1.57. The summed E-state index contributed by atoms with van der Waals surface area (Å²) in [5, 5.41) is 0. The topological polar surface area (TPSA) is 76.7 Å². The summed E-state index contributed by atoms with van der Waals surface area (Å²) in [6, 6.07) is 14.4. The molecule has 2 N–H and O–H groups in total. The Balaban J connectivity index is 1.63. The van der Waals surface area contributed by atoms with E-state index in [1.807, 2.05) is 37.3 Å². The number of fused-ring (bicyclic) bond motifs is 1. The molecular formula is C19H20N2O4. The van der Waals surface area contributed by atoms with E-state index in [0.717, 1.165) is 12.0 Å². The van der Waals surface area contributed by atoms with Crippen molar-refractivity contribution in [3.05, 3.63) is 59.7 Å². The highest BCUT2D eigenvalue weighted by atomic mass is 16.7. The van der Waals surface area contributed by atoms with Crippen molar-refractivity contribution in [1.29, 1.82) is 0 Å². The predicted molar refractivity (Wildman–Crippen MR) is 92.3 cm³/mol. The highest BCUT2D eigenvalue weighted by Crippen LogP contribution is 2.32. The van der Waals surface area contributed by atoms with Gasteiger partial charge in [0.2, 0.25) is 12.7 Å². The average Bonchev–Trinajstić information content (AvgIpc) is 3.12. The Labute approximate surface area is 146 Å². The second kappa shape index (κ2) is 7.70. The molecule has 0 aliphatic carbocycles. The van der Waals surface area contributed by atoms with Crippen molar-refractivity contribution < 1.29 is 19.1 Å². The lowest BCUT2D eigenvalue weighted by atomic mass is 9.94. The molecule has 130 valence electrons. The number of hydrogen-bond donors (Lipinski definition) is 2. The smallest absolute Gasteiger partial charge is 0.269 e. The van der Waals surface area contributed by atoms with Gasteiger partial charge in [-0.15, -0.1) is 0 Å². The van der Waals surface area contributed by atoms with Crippen molar-refractivity contribution in [1.82, 2.24) is 10.9 Å². The molecule has 0 bridgehead atoms. The van der Waals surface area contributed by atoms with Crippen LogP contribution >= 0.6 is 0 Å². The van der Waals surface area contributed by atoms with Gasteiger partial charge in [-0.2, -0.15) is 0 Å². The van der Waals surface area contributed by atoms with Crippen LogP contribution in [-0.2, 0) is 4.79 Å². The Morgan fingerprint density at radius 2 is 1.80 bits per heavy atom. The fraction of sp³-hybridized carbons (Fsp3) is 0.263. The van der Waals surface area contributed by atoms with E-state index in [9.17, 15) is 9.59 Å². The second-order valence-corrected chi connectivity index (χ2v) is 5.76. The van der Waals surface area contributed by atoms with Crippen LogP contribution in [-0.4, -0.2) is 18.6 Å². The van der Waals surface area contributed by atoms with Gasteiger partial charge in [-0.1, -0.05) is 43.7 Å². The Morgan fingerprint density at radius 3 is 2.56 bits per heavy atom. The van der Waals surface area contributed by atoms with Gasteiger partial charge < -0.3 is 9.47 Å². The van der Waals surface area contributed by atoms with Crippen LogP contribution in [0.4, 0.5) is 0 Å². The minimum Gasteiger partial charge on any atom is -0.454 e. The quantitative estimate of drug-likeness (QED) is 0.821. The largest absolute Gasteiger partial charge is 0.454 e. The molecule has 0 radical (unpaired) electrons. The van der Waals surface area contributed by atoms with Gasteiger partial charge in [0.05, 0.1) is 5.92 Å². The number of carbonyl (C=O) groups excluding carboxylic acids is 2. The molecular weight excluding hydrogens is 320 g/mol. The molecule has 25 heavy (non-hydrogen) atoms. The van der Waals surface area contributed by atoms with E-state index in [-0.39, 0.29) is 18.6 Å². The van der Waals surface area contributed by atoms with Crippen LogP contribution in [0.2, 0.25) is 0 Å². The lowest BCUT2D eigenvalue weighted by Crippen LogP contribution is -2.44. The normalized spacial score (nSPS) is 13.2. The van der Waals surface area contributed by atoms with Crippen molar-refractivity contribution in [3.8, 4) is 11.5 Å². The molecule has 1 atom stereocenters. The predicted octanol–water partition coefficient (Wildman–Crippen LogP) is 2.76. The summed E-state index contributed by atoms with van der Waals surface area (Å²) in [6.45, 7) is 2.17. The highest BCUT2D eigenvalue weighted by molar-refractivity contribution is 5.96. The Hall–Kier alpha value is -3.02. The van der Waals surface area contributed by atoms with Gasteiger partial charge in [0.25, 0.3) is 5.91 Å². The summed E-state index contributed by atoms with van der Waals surface area (Å²) in [5.74, 6) is 0.181. The molecule has 0 saturated heterocycles. The molecule has 2 aromatic rings. The van der Waals surface area contributed by atoms with E-state index >= 15 is 0 Å². The summed E-state index contributed by atoms with van der Waals surface area (Å²) in [7, 11) is 0. The maximum atomic E-state index is 12.5. The third-order valence-corrected chi connectivity index (χ3v) is 4.03. The number of ether oxygens (including phenoxy) is 2. The first kappa shape index (κ1) is 16.8. The lowest BCUT2D eigenvalue weighted by molar-refractivity contribution is -0.123. The van der Waals surface area contributed by atoms with E-state index in [1.54, 1.807) is 18.2 Å². The van der Waals surface area contributed by atoms with Crippen molar-refractivity contribution >= 4 is 11.8 Å². The molecule has 6 nitrogen and oxygen atoms in total. The standard InChI is InChI=1S/C19H20N2O4/c1-2-6-15(13-7-4-3-5-8-13)19(23)21-20-18(22)14-9-10-16-17(11-14)25-12-24-16/h3-5,7-11,15H,2,6,12H2,1H3,(H,20,22)(H,21,23). The van der Waals surface area contributed by atoms with E-state index in [4.69, 9.17) is 9.47 Å². The lowest BCUT2D eigenvalue weighted by Gasteiger charge is -2.17. The third kappa shape index (κ3) is 3.91. The van der Waals surface area contributed by atoms with Crippen LogP contribution in [0.3, 0.4) is 0 Å². The first-order valence-electron chi connectivity index (χ1n) is 8.24. The summed E-state index contributed by atoms with van der Waals surface area (Å²) < 4.78 is 10.5. The van der Waals surface area contributed by atoms with E-state index < -0.39 is 5.91 Å². The van der Waals surface area contributed by atoms with Gasteiger partial charge in [-0.25, -0.2) is 0 Å². The van der Waals surface area contributed by atoms with Crippen molar-refractivity contribution in [2.45, 2.75) is 25.7 Å². The highest BCUT2D eigenvalue weighted by Gasteiger charge is 2.21. The molecule has 0 aromatic heterocycles. The molecule has 0 saturated carbocycles. The molecule has 1 aliphatic rings. The van der Waals surface area contributed by atoms with E-state index in [2.05, 4.69) is 10.9 Å². The van der Waals surface area contributed by atoms with Crippen LogP contribution in [0.1, 0.15) is 41.6 Å². The average molecular weight is 340 g/mol. The number of amides is 2.